The fourth-order valence-electron chi connectivity index (χ4n) is 2.81. The van der Waals surface area contributed by atoms with E-state index in [-0.39, 0.29) is 18.9 Å². The first-order chi connectivity index (χ1) is 15.1. The van der Waals surface area contributed by atoms with Crippen LogP contribution < -0.4 is 10.1 Å². The largest absolute Gasteiger partial charge is 0.497 e. The summed E-state index contributed by atoms with van der Waals surface area (Å²) in [5.41, 5.74) is 1.64. The first-order valence-corrected chi connectivity index (χ1v) is 9.89. The van der Waals surface area contributed by atoms with E-state index in [0.29, 0.717) is 34.8 Å². The molecule has 2 N–H and O–H groups in total. The number of aromatic amines is 1. The Morgan fingerprint density at radius 1 is 1.06 bits per heavy atom. The molecule has 0 saturated carbocycles. The van der Waals surface area contributed by atoms with Gasteiger partial charge in [0.1, 0.15) is 11.6 Å². The number of aryl methyl sites for hydroxylation is 1. The number of hydrogen-bond acceptors (Lipinski definition) is 7. The maximum Gasteiger partial charge on any atom is 0.227 e. The first kappa shape index (κ1) is 20.5. The first-order valence-electron chi connectivity index (χ1n) is 9.51. The van der Waals surface area contributed by atoms with E-state index in [0.717, 1.165) is 16.9 Å². The molecule has 4 aromatic rings. The smallest absolute Gasteiger partial charge is 0.227 e. The summed E-state index contributed by atoms with van der Waals surface area (Å²) < 4.78 is 10.4. The lowest BCUT2D eigenvalue weighted by Gasteiger charge is -2.01. The molecular formula is C21H19ClN6O3. The van der Waals surface area contributed by atoms with Crippen LogP contribution >= 0.6 is 11.6 Å². The minimum absolute atomic E-state index is 0.159. The van der Waals surface area contributed by atoms with Gasteiger partial charge in [-0.05, 0) is 48.5 Å². The summed E-state index contributed by atoms with van der Waals surface area (Å²) in [7, 11) is 1.61. The lowest BCUT2D eigenvalue weighted by molar-refractivity contribution is -0.121. The third-order valence-electron chi connectivity index (χ3n) is 4.47. The van der Waals surface area contributed by atoms with Crippen molar-refractivity contribution in [1.82, 2.24) is 30.6 Å². The van der Waals surface area contributed by atoms with Crippen molar-refractivity contribution in [3.8, 4) is 28.5 Å². The van der Waals surface area contributed by atoms with E-state index < -0.39 is 0 Å². The number of methoxy groups -OCH3 is 1. The van der Waals surface area contributed by atoms with Gasteiger partial charge < -0.3 is 14.6 Å². The Labute approximate surface area is 182 Å². The molecule has 158 valence electrons. The van der Waals surface area contributed by atoms with Crippen molar-refractivity contribution in [2.75, 3.05) is 7.11 Å². The molecule has 4 rings (SSSR count). The summed E-state index contributed by atoms with van der Waals surface area (Å²) in [6, 6.07) is 14.5. The zero-order chi connectivity index (χ0) is 21.6. The lowest BCUT2D eigenvalue weighted by atomic mass is 10.2. The number of carbonyl (C=O) groups excluding carboxylic acids is 1. The number of nitrogens with zero attached hydrogens (tertiary/aromatic N) is 4. The predicted octanol–water partition coefficient (Wildman–Crippen LogP) is 3.43. The van der Waals surface area contributed by atoms with Crippen LogP contribution in [0.2, 0.25) is 5.02 Å². The number of halogens is 1. The number of aromatic nitrogens is 5. The summed E-state index contributed by atoms with van der Waals surface area (Å²) in [6.45, 7) is 0.238. The van der Waals surface area contributed by atoms with Crippen molar-refractivity contribution in [2.45, 2.75) is 19.4 Å². The summed E-state index contributed by atoms with van der Waals surface area (Å²) in [6.07, 6.45) is 0.543. The monoisotopic (exact) mass is 438 g/mol. The summed E-state index contributed by atoms with van der Waals surface area (Å²) in [4.78, 5) is 20.9. The number of benzene rings is 2. The molecule has 0 saturated heterocycles. The molecule has 0 fully saturated rings. The lowest BCUT2D eigenvalue weighted by Crippen LogP contribution is -2.23. The number of rotatable bonds is 8. The van der Waals surface area contributed by atoms with Crippen molar-refractivity contribution < 1.29 is 14.1 Å². The highest BCUT2D eigenvalue weighted by Crippen LogP contribution is 2.20. The standard InChI is InChI=1S/C21H19ClN6O3/c1-30-16-8-4-13(5-9-16)20-24-17(26-27-20)12-23-18(29)10-11-19-25-21(28-31-19)14-2-6-15(22)7-3-14/h2-9H,10-12H2,1H3,(H,23,29)(H,24,26,27). The van der Waals surface area contributed by atoms with Gasteiger partial charge in [-0.15, -0.1) is 0 Å². The Morgan fingerprint density at radius 3 is 2.52 bits per heavy atom. The van der Waals surface area contributed by atoms with Crippen LogP contribution in [0, 0.1) is 0 Å². The molecule has 0 bridgehead atoms. The zero-order valence-electron chi connectivity index (χ0n) is 16.6. The second-order valence-electron chi connectivity index (χ2n) is 6.63. The van der Waals surface area contributed by atoms with E-state index in [1.807, 2.05) is 24.3 Å². The molecule has 0 unspecified atom stereocenters. The molecule has 0 aliphatic heterocycles. The van der Waals surface area contributed by atoms with Gasteiger partial charge in [0.15, 0.2) is 5.82 Å². The Morgan fingerprint density at radius 2 is 1.77 bits per heavy atom. The minimum Gasteiger partial charge on any atom is -0.497 e. The number of amides is 1. The predicted molar refractivity (Wildman–Crippen MR) is 113 cm³/mol. The number of ether oxygens (including phenoxy) is 1. The molecule has 0 spiro atoms. The summed E-state index contributed by atoms with van der Waals surface area (Å²) in [5.74, 6) is 2.55. The van der Waals surface area contributed by atoms with E-state index in [4.69, 9.17) is 20.9 Å². The number of nitrogens with one attached hydrogen (secondary N) is 2. The third kappa shape index (κ3) is 5.26. The molecule has 9 nitrogen and oxygen atoms in total. The van der Waals surface area contributed by atoms with Gasteiger partial charge in [0.05, 0.1) is 13.7 Å². The van der Waals surface area contributed by atoms with Gasteiger partial charge in [-0.2, -0.15) is 10.1 Å². The van der Waals surface area contributed by atoms with Crippen LogP contribution in [-0.4, -0.2) is 38.3 Å². The Bertz CT molecular complexity index is 1150. The Hall–Kier alpha value is -3.72. The van der Waals surface area contributed by atoms with Crippen LogP contribution in [0.25, 0.3) is 22.8 Å². The van der Waals surface area contributed by atoms with Crippen LogP contribution in [-0.2, 0) is 17.8 Å². The maximum atomic E-state index is 12.2. The topological polar surface area (TPSA) is 119 Å². The van der Waals surface area contributed by atoms with E-state index in [9.17, 15) is 4.79 Å². The number of carbonyl (C=O) groups is 1. The van der Waals surface area contributed by atoms with Crippen molar-refractivity contribution in [3.05, 3.63) is 65.3 Å². The van der Waals surface area contributed by atoms with Crippen molar-refractivity contribution >= 4 is 17.5 Å². The van der Waals surface area contributed by atoms with Crippen LogP contribution in [0.1, 0.15) is 18.1 Å². The van der Waals surface area contributed by atoms with Gasteiger partial charge in [0.25, 0.3) is 0 Å². The molecule has 2 heterocycles. The van der Waals surface area contributed by atoms with E-state index in [2.05, 4.69) is 30.6 Å². The molecular weight excluding hydrogens is 420 g/mol. The highest BCUT2D eigenvalue weighted by Gasteiger charge is 2.12. The third-order valence-corrected chi connectivity index (χ3v) is 4.72. The van der Waals surface area contributed by atoms with Gasteiger partial charge in [-0.25, -0.2) is 4.98 Å². The summed E-state index contributed by atoms with van der Waals surface area (Å²) >= 11 is 5.88. The van der Waals surface area contributed by atoms with E-state index in [1.54, 1.807) is 31.4 Å². The molecule has 2 aromatic heterocycles. The normalized spacial score (nSPS) is 10.8. The average molecular weight is 439 g/mol. The minimum atomic E-state index is -0.159. The molecule has 31 heavy (non-hydrogen) atoms. The van der Waals surface area contributed by atoms with Gasteiger partial charge in [-0.1, -0.05) is 16.8 Å². The second-order valence-corrected chi connectivity index (χ2v) is 7.07. The van der Waals surface area contributed by atoms with Crippen molar-refractivity contribution in [3.63, 3.8) is 0 Å². The zero-order valence-corrected chi connectivity index (χ0v) is 17.4. The van der Waals surface area contributed by atoms with E-state index in [1.165, 1.54) is 0 Å². The Kier molecular flexibility index (Phi) is 6.23. The molecule has 0 aliphatic rings. The van der Waals surface area contributed by atoms with Gasteiger partial charge in [0, 0.05) is 29.0 Å². The highest BCUT2D eigenvalue weighted by atomic mass is 35.5. The number of hydrogen-bond donors (Lipinski definition) is 2. The molecule has 1 amide bonds. The molecule has 0 aliphatic carbocycles. The molecule has 10 heteroatoms. The quantitative estimate of drug-likeness (QED) is 0.432. The van der Waals surface area contributed by atoms with Crippen LogP contribution in [0.4, 0.5) is 0 Å². The molecule has 0 radical (unpaired) electrons. The number of H-pyrrole nitrogens is 1. The van der Waals surface area contributed by atoms with Crippen LogP contribution in [0.5, 0.6) is 5.75 Å². The average Bonchev–Trinajstić information content (AvgIpc) is 3.47. The fourth-order valence-corrected chi connectivity index (χ4v) is 2.93. The highest BCUT2D eigenvalue weighted by molar-refractivity contribution is 6.30. The Balaban J connectivity index is 1.26. The summed E-state index contributed by atoms with van der Waals surface area (Å²) in [5, 5.41) is 14.4. The SMILES string of the molecule is COc1ccc(-c2n[nH]c(CNC(=O)CCc3nc(-c4ccc(Cl)cc4)no3)n2)cc1. The van der Waals surface area contributed by atoms with Crippen molar-refractivity contribution in [2.24, 2.45) is 0 Å². The second kappa shape index (κ2) is 9.40. The van der Waals surface area contributed by atoms with Crippen LogP contribution in [0.15, 0.2) is 53.1 Å². The van der Waals surface area contributed by atoms with Gasteiger partial charge in [0.2, 0.25) is 17.6 Å². The van der Waals surface area contributed by atoms with E-state index >= 15 is 0 Å². The maximum absolute atomic E-state index is 12.2. The van der Waals surface area contributed by atoms with Crippen molar-refractivity contribution in [1.29, 1.82) is 0 Å². The van der Waals surface area contributed by atoms with Gasteiger partial charge in [-0.3, -0.25) is 9.89 Å². The fraction of sp³-hybridized carbons (Fsp3) is 0.190. The molecule has 0 atom stereocenters. The van der Waals surface area contributed by atoms with Gasteiger partial charge >= 0.3 is 0 Å². The molecule has 2 aromatic carbocycles. The van der Waals surface area contributed by atoms with Crippen LogP contribution in [0.3, 0.4) is 0 Å².